The highest BCUT2D eigenvalue weighted by Crippen LogP contribution is 2.27. The minimum absolute atomic E-state index is 0.0825. The van der Waals surface area contributed by atoms with Crippen molar-refractivity contribution in [2.24, 2.45) is 0 Å². The van der Waals surface area contributed by atoms with Crippen LogP contribution in [0.25, 0.3) is 0 Å². The van der Waals surface area contributed by atoms with Gasteiger partial charge in [0.05, 0.1) is 16.5 Å². The fourth-order valence-corrected chi connectivity index (χ4v) is 4.02. The Balaban J connectivity index is 1.53. The highest BCUT2D eigenvalue weighted by Gasteiger charge is 2.25. The van der Waals surface area contributed by atoms with Crippen LogP contribution >= 0.6 is 23.4 Å². The van der Waals surface area contributed by atoms with Gasteiger partial charge in [-0.3, -0.25) is 4.79 Å². The molecule has 0 unspecified atom stereocenters. The summed E-state index contributed by atoms with van der Waals surface area (Å²) in [6, 6.07) is 7.80. The lowest BCUT2D eigenvalue weighted by Gasteiger charge is -2.36. The molecule has 3 rings (SSSR count). The number of hydrogen-bond donors (Lipinski definition) is 1. The van der Waals surface area contributed by atoms with Crippen molar-refractivity contribution in [3.05, 3.63) is 35.1 Å². The largest absolute Gasteiger partial charge is 0.367 e. The monoisotopic (exact) mass is 408 g/mol. The molecule has 146 valence electrons. The molecule has 9 heteroatoms. The molecule has 0 atom stereocenters. The van der Waals surface area contributed by atoms with Crippen LogP contribution < -0.4 is 10.7 Å². The quantitative estimate of drug-likeness (QED) is 0.618. The topological polar surface area (TPSA) is 80.3 Å². The lowest BCUT2D eigenvalue weighted by atomic mass is 9.96. The molecule has 1 aliphatic heterocycles. The predicted octanol–water partition coefficient (Wildman–Crippen LogP) is 2.38. The molecule has 0 bridgehead atoms. The van der Waals surface area contributed by atoms with E-state index in [2.05, 4.69) is 15.1 Å². The summed E-state index contributed by atoms with van der Waals surface area (Å²) in [6.45, 7) is 8.96. The number of amides is 1. The van der Waals surface area contributed by atoms with Crippen molar-refractivity contribution in [1.29, 1.82) is 0 Å². The van der Waals surface area contributed by atoms with E-state index >= 15 is 0 Å². The van der Waals surface area contributed by atoms with Crippen molar-refractivity contribution < 1.29 is 4.79 Å². The molecule has 1 aromatic carbocycles. The molecule has 1 fully saturated rings. The Bertz CT molecular complexity index is 810. The molecule has 0 saturated carbocycles. The van der Waals surface area contributed by atoms with E-state index in [0.717, 1.165) is 23.8 Å². The molecule has 0 radical (unpaired) electrons. The van der Waals surface area contributed by atoms with Gasteiger partial charge in [-0.25, -0.2) is 4.68 Å². The Hall–Kier alpha value is -1.93. The molecule has 7 nitrogen and oxygen atoms in total. The highest BCUT2D eigenvalue weighted by atomic mass is 35.5. The van der Waals surface area contributed by atoms with Gasteiger partial charge in [0.2, 0.25) is 11.1 Å². The number of anilines is 1. The average Bonchev–Trinajstić information content (AvgIpc) is 3.01. The van der Waals surface area contributed by atoms with E-state index in [1.165, 1.54) is 16.4 Å². The first kappa shape index (κ1) is 19.8. The van der Waals surface area contributed by atoms with Crippen LogP contribution in [0.3, 0.4) is 0 Å². The number of rotatable bonds is 4. The Kier molecular flexibility index (Phi) is 5.86. The maximum Gasteiger partial charge on any atom is 0.233 e. The van der Waals surface area contributed by atoms with Crippen LogP contribution in [0.5, 0.6) is 0 Å². The third-order valence-corrected chi connectivity index (χ3v) is 5.73. The first-order valence-electron chi connectivity index (χ1n) is 8.88. The van der Waals surface area contributed by atoms with Gasteiger partial charge in [-0.15, -0.1) is 10.2 Å². The minimum Gasteiger partial charge on any atom is -0.367 e. The Morgan fingerprint density at radius 1 is 1.19 bits per heavy atom. The van der Waals surface area contributed by atoms with Gasteiger partial charge in [-0.1, -0.05) is 56.3 Å². The maximum atomic E-state index is 12.6. The zero-order chi connectivity index (χ0) is 19.6. The zero-order valence-corrected chi connectivity index (χ0v) is 17.4. The number of benzene rings is 1. The lowest BCUT2D eigenvalue weighted by molar-refractivity contribution is -0.128. The van der Waals surface area contributed by atoms with Crippen LogP contribution in [0.2, 0.25) is 5.02 Å². The normalized spacial score (nSPS) is 15.3. The number of halogens is 1. The zero-order valence-electron chi connectivity index (χ0n) is 15.9. The summed E-state index contributed by atoms with van der Waals surface area (Å²) in [5.41, 5.74) is 0.825. The van der Waals surface area contributed by atoms with E-state index < -0.39 is 0 Å². The van der Waals surface area contributed by atoms with Crippen molar-refractivity contribution in [3.8, 4) is 0 Å². The van der Waals surface area contributed by atoms with E-state index in [1.54, 1.807) is 0 Å². The number of nitrogens with zero attached hydrogens (tertiary/aromatic N) is 5. The van der Waals surface area contributed by atoms with Crippen LogP contribution in [0, 0.1) is 0 Å². The van der Waals surface area contributed by atoms with Gasteiger partial charge < -0.3 is 15.6 Å². The van der Waals surface area contributed by atoms with Crippen LogP contribution in [0.4, 0.5) is 5.69 Å². The van der Waals surface area contributed by atoms with Crippen molar-refractivity contribution >= 4 is 35.0 Å². The predicted molar refractivity (Wildman–Crippen MR) is 110 cm³/mol. The fraction of sp³-hybridized carbons (Fsp3) is 0.500. The molecule has 2 heterocycles. The van der Waals surface area contributed by atoms with Gasteiger partial charge >= 0.3 is 0 Å². The molecular weight excluding hydrogens is 384 g/mol. The number of carbonyl (C=O) groups is 1. The highest BCUT2D eigenvalue weighted by molar-refractivity contribution is 7.99. The summed E-state index contributed by atoms with van der Waals surface area (Å²) < 4.78 is 1.48. The van der Waals surface area contributed by atoms with Crippen LogP contribution in [-0.4, -0.2) is 57.6 Å². The van der Waals surface area contributed by atoms with Crippen molar-refractivity contribution in [2.45, 2.75) is 31.3 Å². The van der Waals surface area contributed by atoms with Crippen molar-refractivity contribution in [1.82, 2.24) is 19.8 Å². The summed E-state index contributed by atoms with van der Waals surface area (Å²) in [7, 11) is 0. The van der Waals surface area contributed by atoms with Gasteiger partial charge in [0.1, 0.15) is 0 Å². The molecule has 1 aliphatic rings. The molecule has 27 heavy (non-hydrogen) atoms. The van der Waals surface area contributed by atoms with E-state index in [0.29, 0.717) is 29.8 Å². The fourth-order valence-electron chi connectivity index (χ4n) is 3.01. The number of nitrogen functional groups attached to an aromatic ring is 1. The van der Waals surface area contributed by atoms with Gasteiger partial charge in [-0.05, 0) is 12.1 Å². The third kappa shape index (κ3) is 4.50. The van der Waals surface area contributed by atoms with Gasteiger partial charge in [0, 0.05) is 31.6 Å². The summed E-state index contributed by atoms with van der Waals surface area (Å²) in [5.74, 6) is 7.16. The minimum atomic E-state index is -0.195. The second-order valence-electron chi connectivity index (χ2n) is 7.53. The van der Waals surface area contributed by atoms with Crippen LogP contribution in [-0.2, 0) is 10.2 Å². The first-order valence-corrected chi connectivity index (χ1v) is 10.2. The van der Waals surface area contributed by atoms with E-state index in [1.807, 2.05) is 49.9 Å². The maximum absolute atomic E-state index is 12.6. The number of piperazine rings is 1. The van der Waals surface area contributed by atoms with Crippen LogP contribution in [0.15, 0.2) is 29.4 Å². The van der Waals surface area contributed by atoms with Crippen molar-refractivity contribution in [3.63, 3.8) is 0 Å². The average molecular weight is 409 g/mol. The van der Waals surface area contributed by atoms with Crippen LogP contribution in [0.1, 0.15) is 26.6 Å². The first-order chi connectivity index (χ1) is 12.8. The number of thioether (sulfide) groups is 1. The summed E-state index contributed by atoms with van der Waals surface area (Å²) in [6.07, 6.45) is 0. The summed E-state index contributed by atoms with van der Waals surface area (Å²) in [5, 5.41) is 9.57. The Labute approximate surface area is 168 Å². The lowest BCUT2D eigenvalue weighted by Crippen LogP contribution is -2.49. The van der Waals surface area contributed by atoms with E-state index in [-0.39, 0.29) is 11.3 Å². The third-order valence-electron chi connectivity index (χ3n) is 4.49. The number of hydrogen-bond acceptors (Lipinski definition) is 6. The molecule has 2 N–H and O–H groups in total. The Morgan fingerprint density at radius 3 is 2.44 bits per heavy atom. The smallest absolute Gasteiger partial charge is 0.233 e. The molecule has 1 aromatic heterocycles. The number of para-hydroxylation sites is 1. The second kappa shape index (κ2) is 7.98. The summed E-state index contributed by atoms with van der Waals surface area (Å²) in [4.78, 5) is 16.6. The molecule has 2 aromatic rings. The number of carbonyl (C=O) groups excluding carboxylic acids is 1. The van der Waals surface area contributed by atoms with Gasteiger partial charge in [-0.2, -0.15) is 0 Å². The number of aromatic nitrogens is 3. The van der Waals surface area contributed by atoms with Gasteiger partial charge in [0.25, 0.3) is 0 Å². The summed E-state index contributed by atoms with van der Waals surface area (Å²) >= 11 is 7.59. The van der Waals surface area contributed by atoms with E-state index in [9.17, 15) is 4.79 Å². The van der Waals surface area contributed by atoms with E-state index in [4.69, 9.17) is 17.4 Å². The molecule has 0 spiro atoms. The SMILES string of the molecule is CC(C)(C)c1nnc(SCC(=O)N2CCN(c3ccccc3Cl)CC2)n1N. The molecule has 1 saturated heterocycles. The second-order valence-corrected chi connectivity index (χ2v) is 8.88. The molecular formula is C18H25ClN6OS. The molecule has 1 amide bonds. The molecule has 0 aliphatic carbocycles. The number of nitrogens with two attached hydrogens (primary N) is 1. The Morgan fingerprint density at radius 2 is 1.85 bits per heavy atom. The standard InChI is InChI=1S/C18H25ClN6OS/c1-18(2,3)16-21-22-17(25(16)20)27-12-15(26)24-10-8-23(9-11-24)14-7-5-4-6-13(14)19/h4-7H,8-12,20H2,1-3H3. The van der Waals surface area contributed by atoms with Crippen molar-refractivity contribution in [2.75, 3.05) is 42.7 Å². The van der Waals surface area contributed by atoms with Gasteiger partial charge in [0.15, 0.2) is 5.82 Å².